The number of ether oxygens (including phenoxy) is 2. The van der Waals surface area contributed by atoms with Gasteiger partial charge in [0, 0.05) is 6.07 Å². The van der Waals surface area contributed by atoms with Crippen molar-refractivity contribution in [2.24, 2.45) is 0 Å². The van der Waals surface area contributed by atoms with Gasteiger partial charge >= 0.3 is 5.97 Å². The van der Waals surface area contributed by atoms with Gasteiger partial charge in [0.1, 0.15) is 12.3 Å². The Balaban J connectivity index is 2.62. The molecule has 0 amide bonds. The summed E-state index contributed by atoms with van der Waals surface area (Å²) in [7, 11) is 1.57. The lowest BCUT2D eigenvalue weighted by Gasteiger charge is -2.10. The average molecular weight is 224 g/mol. The fourth-order valence-electron chi connectivity index (χ4n) is 1.19. The average Bonchev–Trinajstić information content (AvgIpc) is 2.28. The number of rotatable bonds is 5. The summed E-state index contributed by atoms with van der Waals surface area (Å²) in [6, 6.07) is 5.20. The van der Waals surface area contributed by atoms with E-state index in [1.54, 1.807) is 32.2 Å². The van der Waals surface area contributed by atoms with Gasteiger partial charge in [-0.3, -0.25) is 4.79 Å². The molecule has 0 fully saturated rings. The quantitative estimate of drug-likeness (QED) is 0.581. The fraction of sp³-hybridized carbons (Fsp3) is 0.364. The van der Waals surface area contributed by atoms with Gasteiger partial charge in [-0.1, -0.05) is 0 Å². The van der Waals surface area contributed by atoms with Crippen molar-refractivity contribution in [1.29, 1.82) is 0 Å². The molecule has 0 heterocycles. The zero-order valence-electron chi connectivity index (χ0n) is 9.45. The van der Waals surface area contributed by atoms with Crippen LogP contribution in [0.1, 0.15) is 6.92 Å². The summed E-state index contributed by atoms with van der Waals surface area (Å²) in [4.78, 5) is 11.1. The van der Waals surface area contributed by atoms with Gasteiger partial charge in [0.05, 0.1) is 25.1 Å². The Morgan fingerprint density at radius 3 is 2.88 bits per heavy atom. The number of anilines is 2. The van der Waals surface area contributed by atoms with Crippen LogP contribution in [0.15, 0.2) is 18.2 Å². The minimum atomic E-state index is -0.315. The van der Waals surface area contributed by atoms with E-state index in [0.717, 1.165) is 0 Å². The van der Waals surface area contributed by atoms with Crippen LogP contribution in [0.3, 0.4) is 0 Å². The predicted octanol–water partition coefficient (Wildman–Crippen LogP) is 1.25. The minimum absolute atomic E-state index is 0.0885. The number of nitrogen functional groups attached to an aromatic ring is 1. The summed E-state index contributed by atoms with van der Waals surface area (Å²) < 4.78 is 9.84. The third-order valence-corrected chi connectivity index (χ3v) is 1.99. The van der Waals surface area contributed by atoms with E-state index < -0.39 is 0 Å². The number of esters is 1. The lowest BCUT2D eigenvalue weighted by molar-refractivity contribution is -0.140. The zero-order chi connectivity index (χ0) is 12.0. The number of hydrogen-bond acceptors (Lipinski definition) is 5. The van der Waals surface area contributed by atoms with E-state index in [9.17, 15) is 4.79 Å². The minimum Gasteiger partial charge on any atom is -0.497 e. The second kappa shape index (κ2) is 5.85. The first kappa shape index (κ1) is 12.2. The van der Waals surface area contributed by atoms with Crippen LogP contribution in [0.25, 0.3) is 0 Å². The molecule has 88 valence electrons. The molecule has 1 aromatic rings. The van der Waals surface area contributed by atoms with Crippen LogP contribution in [0, 0.1) is 0 Å². The highest BCUT2D eigenvalue weighted by Gasteiger charge is 2.04. The Bertz CT molecular complexity index is 366. The molecule has 0 bridgehead atoms. The molecule has 0 spiro atoms. The molecule has 0 atom stereocenters. The molecule has 1 aromatic carbocycles. The maximum atomic E-state index is 11.1. The van der Waals surface area contributed by atoms with E-state index >= 15 is 0 Å². The maximum Gasteiger partial charge on any atom is 0.325 e. The molecule has 0 radical (unpaired) electrons. The van der Waals surface area contributed by atoms with E-state index in [2.05, 4.69) is 5.32 Å². The third kappa shape index (κ3) is 3.34. The summed E-state index contributed by atoms with van der Waals surface area (Å²) in [6.07, 6.45) is 0. The SMILES string of the molecule is CCOC(=O)CNc1cc(OC)ccc1N. The lowest BCUT2D eigenvalue weighted by Crippen LogP contribution is -2.17. The first-order valence-corrected chi connectivity index (χ1v) is 5.00. The van der Waals surface area contributed by atoms with Crippen LogP contribution in [0.4, 0.5) is 11.4 Å². The monoisotopic (exact) mass is 224 g/mol. The smallest absolute Gasteiger partial charge is 0.325 e. The van der Waals surface area contributed by atoms with Gasteiger partial charge in [-0.2, -0.15) is 0 Å². The summed E-state index contributed by atoms with van der Waals surface area (Å²) in [5.74, 6) is 0.366. The van der Waals surface area contributed by atoms with Gasteiger partial charge in [-0.15, -0.1) is 0 Å². The molecule has 5 nitrogen and oxygen atoms in total. The molecule has 3 N–H and O–H groups in total. The molecule has 0 aromatic heterocycles. The van der Waals surface area contributed by atoms with E-state index in [4.69, 9.17) is 15.2 Å². The maximum absolute atomic E-state index is 11.1. The van der Waals surface area contributed by atoms with Crippen molar-refractivity contribution in [1.82, 2.24) is 0 Å². The van der Waals surface area contributed by atoms with Crippen molar-refractivity contribution in [2.45, 2.75) is 6.92 Å². The van der Waals surface area contributed by atoms with Crippen LogP contribution < -0.4 is 15.8 Å². The third-order valence-electron chi connectivity index (χ3n) is 1.99. The largest absolute Gasteiger partial charge is 0.497 e. The van der Waals surface area contributed by atoms with Gasteiger partial charge < -0.3 is 20.5 Å². The number of nitrogens with one attached hydrogen (secondary N) is 1. The second-order valence-electron chi connectivity index (χ2n) is 3.11. The summed E-state index contributed by atoms with van der Waals surface area (Å²) in [5.41, 5.74) is 6.95. The molecular formula is C11H16N2O3. The molecule has 0 unspecified atom stereocenters. The summed E-state index contributed by atoms with van der Waals surface area (Å²) in [6.45, 7) is 2.22. The van der Waals surface area contributed by atoms with Crippen LogP contribution in [-0.4, -0.2) is 26.2 Å². The van der Waals surface area contributed by atoms with Crippen LogP contribution in [-0.2, 0) is 9.53 Å². The number of nitrogens with two attached hydrogens (primary N) is 1. The Morgan fingerprint density at radius 1 is 1.50 bits per heavy atom. The van der Waals surface area contributed by atoms with Gasteiger partial charge in [0.2, 0.25) is 0 Å². The molecule has 0 aliphatic rings. The summed E-state index contributed by atoms with van der Waals surface area (Å²) in [5, 5.41) is 2.89. The molecule has 16 heavy (non-hydrogen) atoms. The van der Waals surface area contributed by atoms with Crippen molar-refractivity contribution in [2.75, 3.05) is 31.3 Å². The highest BCUT2D eigenvalue weighted by atomic mass is 16.5. The van der Waals surface area contributed by atoms with Gasteiger partial charge in [0.15, 0.2) is 0 Å². The van der Waals surface area contributed by atoms with E-state index in [1.807, 2.05) is 0 Å². The number of methoxy groups -OCH3 is 1. The Morgan fingerprint density at radius 2 is 2.25 bits per heavy atom. The number of carbonyl (C=O) groups excluding carboxylic acids is 1. The first-order chi connectivity index (χ1) is 7.67. The normalized spacial score (nSPS) is 9.62. The predicted molar refractivity (Wildman–Crippen MR) is 62.5 cm³/mol. The molecule has 0 aliphatic heterocycles. The standard InChI is InChI=1S/C11H16N2O3/c1-3-16-11(14)7-13-10-6-8(15-2)4-5-9(10)12/h4-6,13H,3,7,12H2,1-2H3. The van der Waals surface area contributed by atoms with Gasteiger partial charge in [-0.05, 0) is 19.1 Å². The highest BCUT2D eigenvalue weighted by molar-refractivity contribution is 5.78. The van der Waals surface area contributed by atoms with Crippen LogP contribution in [0.5, 0.6) is 5.75 Å². The Labute approximate surface area is 94.5 Å². The molecule has 0 saturated carbocycles. The van der Waals surface area contributed by atoms with Gasteiger partial charge in [0.25, 0.3) is 0 Å². The fourth-order valence-corrected chi connectivity index (χ4v) is 1.19. The second-order valence-corrected chi connectivity index (χ2v) is 3.11. The zero-order valence-corrected chi connectivity index (χ0v) is 9.45. The van der Waals surface area contributed by atoms with E-state index in [-0.39, 0.29) is 12.5 Å². The molecular weight excluding hydrogens is 208 g/mol. The Hall–Kier alpha value is -1.91. The number of carbonyl (C=O) groups is 1. The lowest BCUT2D eigenvalue weighted by atomic mass is 10.2. The van der Waals surface area contributed by atoms with Crippen molar-refractivity contribution < 1.29 is 14.3 Å². The number of hydrogen-bond donors (Lipinski definition) is 2. The van der Waals surface area contributed by atoms with Gasteiger partial charge in [-0.25, -0.2) is 0 Å². The summed E-state index contributed by atoms with van der Waals surface area (Å²) >= 11 is 0. The first-order valence-electron chi connectivity index (χ1n) is 5.00. The topological polar surface area (TPSA) is 73.6 Å². The molecule has 5 heteroatoms. The molecule has 0 aliphatic carbocycles. The van der Waals surface area contributed by atoms with Crippen molar-refractivity contribution in [3.05, 3.63) is 18.2 Å². The van der Waals surface area contributed by atoms with E-state index in [1.165, 1.54) is 0 Å². The molecule has 1 rings (SSSR count). The molecule has 0 saturated heterocycles. The van der Waals surface area contributed by atoms with Crippen LogP contribution >= 0.6 is 0 Å². The highest BCUT2D eigenvalue weighted by Crippen LogP contribution is 2.23. The van der Waals surface area contributed by atoms with Crippen LogP contribution in [0.2, 0.25) is 0 Å². The Kier molecular flexibility index (Phi) is 4.44. The van der Waals surface area contributed by atoms with Crippen molar-refractivity contribution in [3.8, 4) is 5.75 Å². The van der Waals surface area contributed by atoms with Crippen molar-refractivity contribution >= 4 is 17.3 Å². The number of benzene rings is 1. The van der Waals surface area contributed by atoms with E-state index in [0.29, 0.717) is 23.7 Å². The van der Waals surface area contributed by atoms with Crippen molar-refractivity contribution in [3.63, 3.8) is 0 Å².